The van der Waals surface area contributed by atoms with Gasteiger partial charge in [-0.25, -0.2) is 8.42 Å². The molecule has 2 N–H and O–H groups in total. The third kappa shape index (κ3) is 8.88. The van der Waals surface area contributed by atoms with Crippen LogP contribution in [-0.2, 0) is 22.0 Å². The van der Waals surface area contributed by atoms with Crippen molar-refractivity contribution in [3.8, 4) is 5.75 Å². The van der Waals surface area contributed by atoms with Crippen molar-refractivity contribution in [1.29, 1.82) is 0 Å². The average molecular weight is 487 g/mol. The Morgan fingerprint density at radius 3 is 2.25 bits per heavy atom. The molecule has 174 valence electrons. The number of thiocarbonyl (C=S) groups is 1. The van der Waals surface area contributed by atoms with Gasteiger partial charge in [0, 0.05) is 6.54 Å². The number of alkyl halides is 3. The first-order valence-electron chi connectivity index (χ1n) is 9.55. The molecule has 0 atom stereocenters. The molecule has 2 aromatic rings. The molecule has 0 saturated heterocycles. The highest BCUT2D eigenvalue weighted by atomic mass is 32.2. The SMILES string of the molecule is CC(C)(C)c1ccc(C=CC(=S)NCc2ccc(NS(C)(=O)=O)c(OC(F)(F)F)c2)cc1. The summed E-state index contributed by atoms with van der Waals surface area (Å²) in [5.41, 5.74) is 2.34. The molecule has 5 nitrogen and oxygen atoms in total. The van der Waals surface area contributed by atoms with Gasteiger partial charge in [-0.3, -0.25) is 4.72 Å². The van der Waals surface area contributed by atoms with E-state index in [2.05, 4.69) is 30.8 Å². The molecule has 0 bridgehead atoms. The topological polar surface area (TPSA) is 67.4 Å². The second kappa shape index (κ2) is 9.91. The van der Waals surface area contributed by atoms with Crippen molar-refractivity contribution < 1.29 is 26.3 Å². The lowest BCUT2D eigenvalue weighted by Crippen LogP contribution is -2.21. The highest BCUT2D eigenvalue weighted by Crippen LogP contribution is 2.32. The van der Waals surface area contributed by atoms with E-state index in [1.807, 2.05) is 35.1 Å². The van der Waals surface area contributed by atoms with E-state index in [0.717, 1.165) is 17.9 Å². The van der Waals surface area contributed by atoms with Gasteiger partial charge in [0.05, 0.1) is 16.9 Å². The Labute approximate surface area is 191 Å². The number of anilines is 1. The third-order valence-corrected chi connectivity index (χ3v) is 5.11. The molecule has 0 aliphatic rings. The summed E-state index contributed by atoms with van der Waals surface area (Å²) in [6.45, 7) is 6.52. The van der Waals surface area contributed by atoms with Crippen LogP contribution < -0.4 is 14.8 Å². The minimum atomic E-state index is -4.97. The Bertz CT molecular complexity index is 1090. The lowest BCUT2D eigenvalue weighted by molar-refractivity contribution is -0.274. The Morgan fingerprint density at radius 1 is 1.09 bits per heavy atom. The molecule has 0 amide bonds. The van der Waals surface area contributed by atoms with E-state index in [9.17, 15) is 21.6 Å². The quantitative estimate of drug-likeness (QED) is 0.406. The molecule has 0 spiro atoms. The lowest BCUT2D eigenvalue weighted by Gasteiger charge is -2.18. The number of rotatable bonds is 7. The zero-order chi connectivity index (χ0) is 24.2. The van der Waals surface area contributed by atoms with E-state index in [1.54, 1.807) is 6.08 Å². The van der Waals surface area contributed by atoms with Crippen molar-refractivity contribution in [2.45, 2.75) is 39.1 Å². The van der Waals surface area contributed by atoms with Gasteiger partial charge >= 0.3 is 6.36 Å². The Kier molecular flexibility index (Phi) is 7.95. The monoisotopic (exact) mass is 486 g/mol. The van der Waals surface area contributed by atoms with E-state index in [0.29, 0.717) is 10.6 Å². The predicted molar refractivity (Wildman–Crippen MR) is 125 cm³/mol. The Balaban J connectivity index is 2.06. The molecule has 0 saturated carbocycles. The van der Waals surface area contributed by atoms with Crippen molar-refractivity contribution in [3.63, 3.8) is 0 Å². The van der Waals surface area contributed by atoms with Crippen LogP contribution >= 0.6 is 12.2 Å². The molecule has 10 heteroatoms. The van der Waals surface area contributed by atoms with E-state index in [1.165, 1.54) is 17.7 Å². The predicted octanol–water partition coefficient (Wildman–Crippen LogP) is 5.38. The smallest absolute Gasteiger partial charge is 0.404 e. The van der Waals surface area contributed by atoms with Gasteiger partial charge in [0.15, 0.2) is 5.75 Å². The first-order valence-corrected chi connectivity index (χ1v) is 11.9. The van der Waals surface area contributed by atoms with Crippen LogP contribution in [0.5, 0.6) is 5.75 Å². The van der Waals surface area contributed by atoms with Crippen LogP contribution in [0.2, 0.25) is 0 Å². The number of hydrogen-bond acceptors (Lipinski definition) is 4. The zero-order valence-corrected chi connectivity index (χ0v) is 19.7. The number of ether oxygens (including phenoxy) is 1. The number of sulfonamides is 1. The van der Waals surface area contributed by atoms with Crippen LogP contribution in [0.3, 0.4) is 0 Å². The molecule has 0 heterocycles. The van der Waals surface area contributed by atoms with Crippen molar-refractivity contribution in [3.05, 3.63) is 65.2 Å². The van der Waals surface area contributed by atoms with Crippen LogP contribution in [0.15, 0.2) is 48.5 Å². The standard InChI is InChI=1S/C22H25F3N2O3S2/c1-21(2,3)17-9-5-15(6-10-17)8-12-20(31)26-14-16-7-11-18(27-32(4,28)29)19(13-16)30-22(23,24)25/h5-13,27H,14H2,1-4H3,(H,26,31). The minimum Gasteiger partial charge on any atom is -0.404 e. The van der Waals surface area contributed by atoms with Crippen LogP contribution in [0.25, 0.3) is 6.08 Å². The lowest BCUT2D eigenvalue weighted by atomic mass is 9.87. The van der Waals surface area contributed by atoms with Gasteiger partial charge in [-0.2, -0.15) is 0 Å². The Hall–Kier alpha value is -2.59. The van der Waals surface area contributed by atoms with E-state index in [4.69, 9.17) is 12.2 Å². The van der Waals surface area contributed by atoms with Crippen molar-refractivity contribution in [2.24, 2.45) is 0 Å². The summed E-state index contributed by atoms with van der Waals surface area (Å²) >= 11 is 5.25. The maximum Gasteiger partial charge on any atom is 0.573 e. The van der Waals surface area contributed by atoms with Crippen molar-refractivity contribution >= 4 is 39.0 Å². The van der Waals surface area contributed by atoms with Crippen LogP contribution in [0.1, 0.15) is 37.5 Å². The van der Waals surface area contributed by atoms with E-state index >= 15 is 0 Å². The fraction of sp³-hybridized carbons (Fsp3) is 0.318. The van der Waals surface area contributed by atoms with E-state index < -0.39 is 22.1 Å². The highest BCUT2D eigenvalue weighted by Gasteiger charge is 2.32. The molecule has 0 aromatic heterocycles. The normalized spacial score (nSPS) is 12.6. The number of nitrogens with one attached hydrogen (secondary N) is 2. The van der Waals surface area contributed by atoms with Crippen LogP contribution in [0.4, 0.5) is 18.9 Å². The van der Waals surface area contributed by atoms with Crippen LogP contribution in [-0.4, -0.2) is 26.0 Å². The van der Waals surface area contributed by atoms with Gasteiger partial charge in [-0.15, -0.1) is 13.2 Å². The zero-order valence-electron chi connectivity index (χ0n) is 18.1. The first kappa shape index (κ1) is 25.7. The third-order valence-electron chi connectivity index (χ3n) is 4.24. The maximum atomic E-state index is 12.7. The number of hydrogen-bond donors (Lipinski definition) is 2. The second-order valence-electron chi connectivity index (χ2n) is 8.18. The van der Waals surface area contributed by atoms with Crippen molar-refractivity contribution in [2.75, 3.05) is 11.0 Å². The number of halogens is 3. The molecule has 2 rings (SSSR count). The van der Waals surface area contributed by atoms with Gasteiger partial charge < -0.3 is 10.1 Å². The fourth-order valence-corrected chi connectivity index (χ4v) is 3.39. The molecular weight excluding hydrogens is 461 g/mol. The summed E-state index contributed by atoms with van der Waals surface area (Å²) in [5, 5.41) is 2.93. The summed E-state index contributed by atoms with van der Waals surface area (Å²) in [5.74, 6) is -0.650. The highest BCUT2D eigenvalue weighted by molar-refractivity contribution is 7.92. The maximum absolute atomic E-state index is 12.7. The summed E-state index contributed by atoms with van der Waals surface area (Å²) in [6.07, 6.45) is -0.616. The fourth-order valence-electron chi connectivity index (χ4n) is 2.68. The summed E-state index contributed by atoms with van der Waals surface area (Å²) < 4.78 is 66.9. The molecule has 0 aliphatic carbocycles. The molecular formula is C22H25F3N2O3S2. The van der Waals surface area contributed by atoms with Gasteiger partial charge in [0.2, 0.25) is 10.0 Å². The molecule has 32 heavy (non-hydrogen) atoms. The minimum absolute atomic E-state index is 0.0557. The second-order valence-corrected chi connectivity index (χ2v) is 10.4. The summed E-state index contributed by atoms with van der Waals surface area (Å²) in [7, 11) is -3.78. The van der Waals surface area contributed by atoms with Gasteiger partial charge in [0.25, 0.3) is 0 Å². The largest absolute Gasteiger partial charge is 0.573 e. The number of benzene rings is 2. The summed E-state index contributed by atoms with van der Waals surface area (Å²) in [6, 6.07) is 11.8. The van der Waals surface area contributed by atoms with Crippen LogP contribution in [0, 0.1) is 0 Å². The molecule has 2 aromatic carbocycles. The van der Waals surface area contributed by atoms with Gasteiger partial charge in [0.1, 0.15) is 0 Å². The molecule has 0 aliphatic heterocycles. The van der Waals surface area contributed by atoms with Gasteiger partial charge in [-0.05, 0) is 40.3 Å². The average Bonchev–Trinajstić information content (AvgIpc) is 2.64. The molecule has 0 radical (unpaired) electrons. The van der Waals surface area contributed by atoms with Crippen molar-refractivity contribution in [1.82, 2.24) is 5.32 Å². The first-order chi connectivity index (χ1) is 14.6. The molecule has 0 fully saturated rings. The van der Waals surface area contributed by atoms with Gasteiger partial charge in [-0.1, -0.05) is 69.4 Å². The molecule has 0 unspecified atom stereocenters. The van der Waals surface area contributed by atoms with E-state index in [-0.39, 0.29) is 17.6 Å². The Morgan fingerprint density at radius 2 is 1.72 bits per heavy atom. The summed E-state index contributed by atoms with van der Waals surface area (Å²) in [4.78, 5) is 0.390.